The number of nitrogens with zero attached hydrogens (tertiary/aromatic N) is 1. The fraction of sp³-hybridized carbons (Fsp3) is 0.125. The molecule has 5 nitrogen and oxygen atoms in total. The number of nitrogens with one attached hydrogen (secondary N) is 1. The van der Waals surface area contributed by atoms with Gasteiger partial charge in [0.2, 0.25) is 0 Å². The minimum atomic E-state index is -0.360. The Hall–Kier alpha value is -2.05. The van der Waals surface area contributed by atoms with Crippen molar-refractivity contribution in [3.05, 3.63) is 57.5 Å². The van der Waals surface area contributed by atoms with Gasteiger partial charge in [-0.25, -0.2) is 5.43 Å². The molecule has 2 aromatic carbocycles. The summed E-state index contributed by atoms with van der Waals surface area (Å²) < 4.78 is 6.08. The summed E-state index contributed by atoms with van der Waals surface area (Å²) in [4.78, 5) is 11.8. The van der Waals surface area contributed by atoms with Crippen molar-refractivity contribution in [2.45, 2.75) is 6.92 Å². The van der Waals surface area contributed by atoms with E-state index < -0.39 is 0 Å². The lowest BCUT2D eigenvalue weighted by molar-refractivity contribution is -0.123. The van der Waals surface area contributed by atoms with Crippen LogP contribution in [0.2, 0.25) is 5.02 Å². The van der Waals surface area contributed by atoms with Crippen molar-refractivity contribution in [3.8, 4) is 5.75 Å². The van der Waals surface area contributed by atoms with Gasteiger partial charge in [0, 0.05) is 10.7 Å². The van der Waals surface area contributed by atoms with Crippen molar-refractivity contribution in [1.82, 2.24) is 5.43 Å². The highest BCUT2D eigenvalue weighted by molar-refractivity contribution is 9.10. The van der Waals surface area contributed by atoms with Gasteiger partial charge in [-0.1, -0.05) is 23.7 Å². The van der Waals surface area contributed by atoms with Crippen molar-refractivity contribution in [2.24, 2.45) is 5.10 Å². The smallest absolute Gasteiger partial charge is 0.277 e. The maximum atomic E-state index is 11.8. The summed E-state index contributed by atoms with van der Waals surface area (Å²) in [5, 5.41) is 4.62. The molecule has 0 fully saturated rings. The molecule has 0 aliphatic heterocycles. The third kappa shape index (κ3) is 5.26. The highest BCUT2D eigenvalue weighted by Crippen LogP contribution is 2.27. The molecular formula is C16H15BrClN3O2. The number of benzene rings is 2. The van der Waals surface area contributed by atoms with Crippen molar-refractivity contribution >= 4 is 44.8 Å². The van der Waals surface area contributed by atoms with Crippen molar-refractivity contribution in [1.29, 1.82) is 0 Å². The summed E-state index contributed by atoms with van der Waals surface area (Å²) >= 11 is 9.16. The fourth-order valence-corrected chi connectivity index (χ4v) is 2.50. The van der Waals surface area contributed by atoms with E-state index >= 15 is 0 Å². The SMILES string of the molecule is C/C(=N\NC(=O)COc1ccc(Cl)cc1Br)c1ccc(N)cc1. The lowest BCUT2D eigenvalue weighted by Gasteiger charge is -2.08. The molecule has 0 aliphatic carbocycles. The molecule has 0 radical (unpaired) electrons. The fourth-order valence-electron chi connectivity index (χ4n) is 1.70. The van der Waals surface area contributed by atoms with E-state index in [1.807, 2.05) is 12.1 Å². The van der Waals surface area contributed by atoms with E-state index in [9.17, 15) is 4.79 Å². The molecule has 0 bridgehead atoms. The molecule has 0 heterocycles. The van der Waals surface area contributed by atoms with Gasteiger partial charge in [-0.05, 0) is 58.7 Å². The van der Waals surface area contributed by atoms with Gasteiger partial charge < -0.3 is 10.5 Å². The summed E-state index contributed by atoms with van der Waals surface area (Å²) in [6.07, 6.45) is 0. The van der Waals surface area contributed by atoms with E-state index in [-0.39, 0.29) is 12.5 Å². The summed E-state index contributed by atoms with van der Waals surface area (Å²) in [6, 6.07) is 12.3. The zero-order valence-corrected chi connectivity index (χ0v) is 14.7. The Bertz CT molecular complexity index is 733. The van der Waals surface area contributed by atoms with Crippen molar-refractivity contribution < 1.29 is 9.53 Å². The van der Waals surface area contributed by atoms with Crippen LogP contribution in [0.5, 0.6) is 5.75 Å². The quantitative estimate of drug-likeness (QED) is 0.460. The van der Waals surface area contributed by atoms with E-state index in [1.54, 1.807) is 37.3 Å². The summed E-state index contributed by atoms with van der Waals surface area (Å²) in [6.45, 7) is 1.64. The second-order valence-corrected chi connectivity index (χ2v) is 6.01. The zero-order valence-electron chi connectivity index (χ0n) is 12.3. The highest BCUT2D eigenvalue weighted by atomic mass is 79.9. The first-order valence-corrected chi connectivity index (χ1v) is 7.89. The molecule has 2 rings (SSSR count). The molecule has 120 valence electrons. The molecule has 0 unspecified atom stereocenters. The van der Waals surface area contributed by atoms with E-state index in [0.29, 0.717) is 26.6 Å². The van der Waals surface area contributed by atoms with E-state index in [0.717, 1.165) is 5.56 Å². The molecule has 0 aliphatic rings. The summed E-state index contributed by atoms with van der Waals surface area (Å²) in [7, 11) is 0. The molecule has 23 heavy (non-hydrogen) atoms. The second kappa shape index (κ2) is 7.99. The number of amides is 1. The second-order valence-electron chi connectivity index (χ2n) is 4.72. The van der Waals surface area contributed by atoms with Crippen LogP contribution < -0.4 is 15.9 Å². The number of ether oxygens (including phenoxy) is 1. The molecule has 7 heteroatoms. The van der Waals surface area contributed by atoms with Crippen LogP contribution in [0, 0.1) is 0 Å². The Morgan fingerprint density at radius 3 is 2.65 bits per heavy atom. The van der Waals surface area contributed by atoms with Crippen molar-refractivity contribution in [3.63, 3.8) is 0 Å². The van der Waals surface area contributed by atoms with Gasteiger partial charge in [0.1, 0.15) is 5.75 Å². The number of hydrogen-bond acceptors (Lipinski definition) is 4. The number of hydrazone groups is 1. The van der Waals surface area contributed by atoms with Gasteiger partial charge in [0.15, 0.2) is 6.61 Å². The number of rotatable bonds is 5. The lowest BCUT2D eigenvalue weighted by Crippen LogP contribution is -2.25. The molecule has 0 saturated heterocycles. The lowest BCUT2D eigenvalue weighted by atomic mass is 10.1. The topological polar surface area (TPSA) is 76.7 Å². The van der Waals surface area contributed by atoms with E-state index in [1.165, 1.54) is 0 Å². The number of carbonyl (C=O) groups is 1. The molecule has 0 saturated carbocycles. The zero-order chi connectivity index (χ0) is 16.8. The van der Waals surface area contributed by atoms with E-state index in [2.05, 4.69) is 26.5 Å². The van der Waals surface area contributed by atoms with Gasteiger partial charge in [0.05, 0.1) is 10.2 Å². The number of nitrogens with two attached hydrogens (primary N) is 1. The van der Waals surface area contributed by atoms with E-state index in [4.69, 9.17) is 22.1 Å². The van der Waals surface area contributed by atoms with Crippen LogP contribution in [0.15, 0.2) is 52.0 Å². The monoisotopic (exact) mass is 395 g/mol. The van der Waals surface area contributed by atoms with Crippen LogP contribution in [-0.4, -0.2) is 18.2 Å². The normalized spacial score (nSPS) is 11.2. The first kappa shape index (κ1) is 17.3. The highest BCUT2D eigenvalue weighted by Gasteiger charge is 2.06. The summed E-state index contributed by atoms with van der Waals surface area (Å²) in [5.74, 6) is 0.172. The Kier molecular flexibility index (Phi) is 6.01. The predicted molar refractivity (Wildman–Crippen MR) is 95.9 cm³/mol. The van der Waals surface area contributed by atoms with Crippen LogP contribution in [-0.2, 0) is 4.79 Å². The molecule has 0 atom stereocenters. The third-order valence-electron chi connectivity index (χ3n) is 2.93. The van der Waals surface area contributed by atoms with Crippen LogP contribution in [0.3, 0.4) is 0 Å². The van der Waals surface area contributed by atoms with Gasteiger partial charge in [-0.3, -0.25) is 4.79 Å². The molecule has 3 N–H and O–H groups in total. The van der Waals surface area contributed by atoms with Gasteiger partial charge in [-0.15, -0.1) is 0 Å². The maximum Gasteiger partial charge on any atom is 0.277 e. The third-order valence-corrected chi connectivity index (χ3v) is 3.78. The van der Waals surface area contributed by atoms with Crippen molar-refractivity contribution in [2.75, 3.05) is 12.3 Å². The molecular weight excluding hydrogens is 382 g/mol. The maximum absolute atomic E-state index is 11.8. The Labute approximate surface area is 147 Å². The number of anilines is 1. The van der Waals surface area contributed by atoms with Gasteiger partial charge >= 0.3 is 0 Å². The first-order valence-electron chi connectivity index (χ1n) is 6.72. The van der Waals surface area contributed by atoms with Crippen LogP contribution in [0.25, 0.3) is 0 Å². The number of halogens is 2. The van der Waals surface area contributed by atoms with Crippen LogP contribution in [0.1, 0.15) is 12.5 Å². The molecule has 0 spiro atoms. The Morgan fingerprint density at radius 2 is 2.00 bits per heavy atom. The Morgan fingerprint density at radius 1 is 1.30 bits per heavy atom. The number of carbonyl (C=O) groups excluding carboxylic acids is 1. The van der Waals surface area contributed by atoms with Gasteiger partial charge in [0.25, 0.3) is 5.91 Å². The average molecular weight is 397 g/mol. The largest absolute Gasteiger partial charge is 0.483 e. The molecule has 2 aromatic rings. The standard InChI is InChI=1S/C16H15BrClN3O2/c1-10(11-2-5-13(19)6-3-11)20-21-16(22)9-23-15-7-4-12(18)8-14(15)17/h2-8H,9,19H2,1H3,(H,21,22)/b20-10+. The predicted octanol–water partition coefficient (Wildman–Crippen LogP) is 3.60. The number of nitrogen functional groups attached to an aromatic ring is 1. The minimum Gasteiger partial charge on any atom is -0.483 e. The number of hydrogen-bond donors (Lipinski definition) is 2. The Balaban J connectivity index is 1.89. The van der Waals surface area contributed by atoms with Crippen LogP contribution in [0.4, 0.5) is 5.69 Å². The summed E-state index contributed by atoms with van der Waals surface area (Å²) in [5.41, 5.74) is 10.3. The average Bonchev–Trinajstić information content (AvgIpc) is 2.52. The van der Waals surface area contributed by atoms with Gasteiger partial charge in [-0.2, -0.15) is 5.10 Å². The van der Waals surface area contributed by atoms with Crippen LogP contribution >= 0.6 is 27.5 Å². The first-order chi connectivity index (χ1) is 11.0. The minimum absolute atomic E-state index is 0.154. The molecule has 1 amide bonds. The molecule has 0 aromatic heterocycles.